The number of carbonyl (C=O) groups is 2. The summed E-state index contributed by atoms with van der Waals surface area (Å²) in [6.45, 7) is 6.08. The molecule has 0 atom stereocenters. The molecule has 2 aromatic heterocycles. The monoisotopic (exact) mass is 381 g/mol. The molecule has 0 saturated heterocycles. The lowest BCUT2D eigenvalue weighted by Gasteiger charge is -2.18. The fraction of sp³-hybridized carbons (Fsp3) is 0.300. The molecule has 146 valence electrons. The molecular formula is C20H23N5O3. The third-order valence-electron chi connectivity index (χ3n) is 3.81. The fourth-order valence-electron chi connectivity index (χ4n) is 2.45. The molecule has 0 saturated carbocycles. The van der Waals surface area contributed by atoms with Gasteiger partial charge in [0, 0.05) is 37.2 Å². The van der Waals surface area contributed by atoms with E-state index in [9.17, 15) is 9.59 Å². The normalized spacial score (nSPS) is 13.9. The molecule has 1 aliphatic rings. The summed E-state index contributed by atoms with van der Waals surface area (Å²) in [5, 5.41) is 6.87. The zero-order valence-corrected chi connectivity index (χ0v) is 16.3. The van der Waals surface area contributed by atoms with Crippen LogP contribution in [0.25, 0.3) is 11.3 Å². The van der Waals surface area contributed by atoms with Crippen LogP contribution in [0.15, 0.2) is 54.6 Å². The Morgan fingerprint density at radius 2 is 2.04 bits per heavy atom. The summed E-state index contributed by atoms with van der Waals surface area (Å²) in [4.78, 5) is 31.0. The van der Waals surface area contributed by atoms with Crippen molar-refractivity contribution in [3.63, 3.8) is 0 Å². The number of nitrogens with zero attached hydrogens (tertiary/aromatic N) is 4. The summed E-state index contributed by atoms with van der Waals surface area (Å²) in [5.41, 5.74) is 1.54. The molecule has 3 heterocycles. The van der Waals surface area contributed by atoms with Crippen LogP contribution in [0.1, 0.15) is 31.3 Å². The van der Waals surface area contributed by atoms with Crippen LogP contribution in [0.3, 0.4) is 0 Å². The molecule has 0 bridgehead atoms. The first kappa shape index (κ1) is 19.3. The van der Waals surface area contributed by atoms with Gasteiger partial charge >= 0.3 is 6.09 Å². The van der Waals surface area contributed by atoms with Crippen LogP contribution in [0.2, 0.25) is 0 Å². The van der Waals surface area contributed by atoms with Gasteiger partial charge in [-0.1, -0.05) is 6.07 Å². The van der Waals surface area contributed by atoms with Gasteiger partial charge in [-0.15, -0.1) is 0 Å². The second kappa shape index (κ2) is 7.67. The Balaban J connectivity index is 1.74. The van der Waals surface area contributed by atoms with Crippen molar-refractivity contribution in [1.29, 1.82) is 0 Å². The van der Waals surface area contributed by atoms with Gasteiger partial charge in [-0.05, 0) is 45.1 Å². The minimum atomic E-state index is -0.615. The first-order valence-electron chi connectivity index (χ1n) is 8.87. The molecule has 1 N–H and O–H groups in total. The highest BCUT2D eigenvalue weighted by Crippen LogP contribution is 2.18. The lowest BCUT2D eigenvalue weighted by Crippen LogP contribution is -2.27. The van der Waals surface area contributed by atoms with Gasteiger partial charge in [-0.3, -0.25) is 4.79 Å². The lowest BCUT2D eigenvalue weighted by atomic mass is 10.2. The maximum absolute atomic E-state index is 12.5. The van der Waals surface area contributed by atoms with Gasteiger partial charge in [0.15, 0.2) is 0 Å². The van der Waals surface area contributed by atoms with Crippen LogP contribution in [-0.2, 0) is 4.74 Å². The zero-order valence-electron chi connectivity index (χ0n) is 16.3. The third kappa shape index (κ3) is 4.85. The van der Waals surface area contributed by atoms with Gasteiger partial charge in [0.1, 0.15) is 11.3 Å². The second-order valence-corrected chi connectivity index (χ2v) is 7.43. The predicted octanol–water partition coefficient (Wildman–Crippen LogP) is 2.80. The van der Waals surface area contributed by atoms with Crippen LogP contribution < -0.4 is 5.32 Å². The van der Waals surface area contributed by atoms with Gasteiger partial charge in [0.05, 0.1) is 11.9 Å². The van der Waals surface area contributed by atoms with E-state index in [-0.39, 0.29) is 11.6 Å². The Bertz CT molecular complexity index is 953. The average Bonchev–Trinajstić information content (AvgIpc) is 3.13. The van der Waals surface area contributed by atoms with Crippen LogP contribution in [0, 0.1) is 0 Å². The van der Waals surface area contributed by atoms with Crippen molar-refractivity contribution in [1.82, 2.24) is 25.0 Å². The molecule has 0 spiro atoms. The van der Waals surface area contributed by atoms with Gasteiger partial charge < -0.3 is 15.0 Å². The molecule has 0 aliphatic carbocycles. The standard InChI is InChI=1S/C20H23N5O3/c1-20(2,3)28-19(27)25-13-14(12-21-25)16-6-5-7-17(23-16)18(26)22-15-8-10-24(4)11-9-15/h5-10,12-13H,11H2,1-4H3,(H,22,26). The van der Waals surface area contributed by atoms with Crippen molar-refractivity contribution < 1.29 is 14.3 Å². The number of ether oxygens (including phenoxy) is 1. The molecule has 1 amide bonds. The third-order valence-corrected chi connectivity index (χ3v) is 3.81. The van der Waals surface area contributed by atoms with Crippen LogP contribution in [-0.4, -0.2) is 50.9 Å². The number of likely N-dealkylation sites (N-methyl/N-ethyl adjacent to an activating group) is 1. The first-order chi connectivity index (χ1) is 13.2. The summed E-state index contributed by atoms with van der Waals surface area (Å²) in [5.74, 6) is -0.304. The number of allylic oxidation sites excluding steroid dienone is 1. The molecule has 0 fully saturated rings. The summed E-state index contributed by atoms with van der Waals surface area (Å²) in [7, 11) is 1.95. The summed E-state index contributed by atoms with van der Waals surface area (Å²) < 4.78 is 6.40. The van der Waals surface area contributed by atoms with E-state index < -0.39 is 11.7 Å². The van der Waals surface area contributed by atoms with E-state index in [0.29, 0.717) is 11.3 Å². The SMILES string of the molecule is CN1C=CC(NC(=O)c2cccc(-c3cnn(C(=O)OC(C)(C)C)c3)n2)=CC1. The van der Waals surface area contributed by atoms with E-state index in [4.69, 9.17) is 4.74 Å². The predicted molar refractivity (Wildman–Crippen MR) is 104 cm³/mol. The molecular weight excluding hydrogens is 358 g/mol. The highest BCUT2D eigenvalue weighted by atomic mass is 16.6. The molecule has 0 unspecified atom stereocenters. The van der Waals surface area contributed by atoms with Gasteiger partial charge in [-0.25, -0.2) is 9.78 Å². The smallest absolute Gasteiger partial charge is 0.435 e. The molecule has 3 rings (SSSR count). The minimum absolute atomic E-state index is 0.274. The number of rotatable bonds is 3. The highest BCUT2D eigenvalue weighted by Gasteiger charge is 2.19. The largest absolute Gasteiger partial charge is 0.442 e. The molecule has 2 aromatic rings. The van der Waals surface area contributed by atoms with E-state index in [1.807, 2.05) is 30.3 Å². The topological polar surface area (TPSA) is 89.4 Å². The van der Waals surface area contributed by atoms with Crippen molar-refractivity contribution in [2.75, 3.05) is 13.6 Å². The number of hydrogen-bond acceptors (Lipinski definition) is 6. The Labute approximate surface area is 163 Å². The Kier molecular flexibility index (Phi) is 5.30. The maximum atomic E-state index is 12.5. The van der Waals surface area contributed by atoms with Crippen molar-refractivity contribution in [2.24, 2.45) is 0 Å². The minimum Gasteiger partial charge on any atom is -0.442 e. The van der Waals surface area contributed by atoms with E-state index >= 15 is 0 Å². The van der Waals surface area contributed by atoms with Crippen molar-refractivity contribution in [3.8, 4) is 11.3 Å². The highest BCUT2D eigenvalue weighted by molar-refractivity contribution is 5.94. The molecule has 0 radical (unpaired) electrons. The van der Waals surface area contributed by atoms with Crippen molar-refractivity contribution in [2.45, 2.75) is 26.4 Å². The molecule has 8 nitrogen and oxygen atoms in total. The zero-order chi connectivity index (χ0) is 20.3. The first-order valence-corrected chi connectivity index (χ1v) is 8.87. The van der Waals surface area contributed by atoms with Gasteiger partial charge in [0.2, 0.25) is 0 Å². The molecule has 0 aromatic carbocycles. The van der Waals surface area contributed by atoms with E-state index in [2.05, 4.69) is 15.4 Å². The number of pyridine rings is 1. The van der Waals surface area contributed by atoms with Gasteiger partial charge in [0.25, 0.3) is 5.91 Å². The van der Waals surface area contributed by atoms with Crippen LogP contribution in [0.4, 0.5) is 4.79 Å². The fourth-order valence-corrected chi connectivity index (χ4v) is 2.45. The Hall–Kier alpha value is -3.42. The maximum Gasteiger partial charge on any atom is 0.435 e. The number of carbonyl (C=O) groups excluding carboxylic acids is 2. The van der Waals surface area contributed by atoms with Crippen LogP contribution in [0.5, 0.6) is 0 Å². The van der Waals surface area contributed by atoms with Crippen molar-refractivity contribution >= 4 is 12.0 Å². The lowest BCUT2D eigenvalue weighted by molar-refractivity contribution is 0.0514. The number of hydrogen-bond donors (Lipinski definition) is 1. The molecule has 1 aliphatic heterocycles. The van der Waals surface area contributed by atoms with E-state index in [1.54, 1.807) is 39.0 Å². The number of amides is 1. The van der Waals surface area contributed by atoms with Crippen LogP contribution >= 0.6 is 0 Å². The Morgan fingerprint density at radius 1 is 1.25 bits per heavy atom. The Morgan fingerprint density at radius 3 is 2.71 bits per heavy atom. The number of nitrogens with one attached hydrogen (secondary N) is 1. The molecule has 28 heavy (non-hydrogen) atoms. The van der Waals surface area contributed by atoms with Gasteiger partial charge in [-0.2, -0.15) is 9.78 Å². The second-order valence-electron chi connectivity index (χ2n) is 7.43. The van der Waals surface area contributed by atoms with Crippen molar-refractivity contribution in [3.05, 3.63) is 60.3 Å². The average molecular weight is 381 g/mol. The van der Waals surface area contributed by atoms with E-state index in [1.165, 1.54) is 12.4 Å². The quantitative estimate of drug-likeness (QED) is 0.879. The summed E-state index contributed by atoms with van der Waals surface area (Å²) in [6.07, 6.45) is 8.11. The summed E-state index contributed by atoms with van der Waals surface area (Å²) in [6, 6.07) is 5.12. The molecule has 8 heteroatoms. The van der Waals surface area contributed by atoms with E-state index in [0.717, 1.165) is 16.9 Å². The number of aromatic nitrogens is 3. The summed E-state index contributed by atoms with van der Waals surface area (Å²) >= 11 is 0.